The summed E-state index contributed by atoms with van der Waals surface area (Å²) in [5, 5.41) is 4.44. The molecule has 0 fully saturated rings. The summed E-state index contributed by atoms with van der Waals surface area (Å²) in [7, 11) is 0. The van der Waals surface area contributed by atoms with Crippen molar-refractivity contribution in [3.8, 4) is 0 Å². The average molecular weight is 324 g/mol. The Morgan fingerprint density at radius 2 is 1.86 bits per heavy atom. The quantitative estimate of drug-likeness (QED) is 0.892. The molecule has 21 heavy (non-hydrogen) atoms. The van der Waals surface area contributed by atoms with Gasteiger partial charge in [-0.1, -0.05) is 29.3 Å². The highest BCUT2D eigenvalue weighted by Gasteiger charge is 2.15. The second-order valence-corrected chi connectivity index (χ2v) is 5.88. The molecule has 3 rings (SSSR count). The van der Waals surface area contributed by atoms with Gasteiger partial charge >= 0.3 is 0 Å². The number of hydrogen-bond donors (Lipinski definition) is 2. The molecule has 110 valence electrons. The molecule has 0 radical (unpaired) electrons. The zero-order valence-electron chi connectivity index (χ0n) is 11.4. The lowest BCUT2D eigenvalue weighted by Gasteiger charge is -2.09. The monoisotopic (exact) mass is 323 g/mol. The lowest BCUT2D eigenvalue weighted by Crippen LogP contribution is -2.21. The highest BCUT2D eigenvalue weighted by molar-refractivity contribution is 6.36. The van der Waals surface area contributed by atoms with E-state index in [9.17, 15) is 4.79 Å². The molecule has 0 aliphatic carbocycles. The van der Waals surface area contributed by atoms with Crippen molar-refractivity contribution >= 4 is 23.2 Å². The van der Waals surface area contributed by atoms with Crippen LogP contribution in [-0.2, 0) is 19.3 Å². The Balaban J connectivity index is 1.99. The van der Waals surface area contributed by atoms with Crippen LogP contribution in [-0.4, -0.2) is 23.1 Å². The van der Waals surface area contributed by atoms with Crippen molar-refractivity contribution in [3.05, 3.63) is 61.2 Å². The first-order valence-electron chi connectivity index (χ1n) is 6.89. The first-order chi connectivity index (χ1) is 10.1. The van der Waals surface area contributed by atoms with Crippen molar-refractivity contribution < 1.29 is 0 Å². The summed E-state index contributed by atoms with van der Waals surface area (Å²) in [6, 6.07) is 5.37. The number of benzene rings is 1. The number of halogens is 2. The summed E-state index contributed by atoms with van der Waals surface area (Å²) in [5.74, 6) is 0.607. The predicted octanol–water partition coefficient (Wildman–Crippen LogP) is 2.36. The van der Waals surface area contributed by atoms with Crippen LogP contribution >= 0.6 is 23.2 Å². The van der Waals surface area contributed by atoms with E-state index in [0.717, 1.165) is 36.3 Å². The molecular weight excluding hydrogens is 309 g/mol. The van der Waals surface area contributed by atoms with Gasteiger partial charge in [0.15, 0.2) is 0 Å². The Kier molecular flexibility index (Phi) is 4.29. The fraction of sp³-hybridized carbons (Fsp3) is 0.333. The van der Waals surface area contributed by atoms with Gasteiger partial charge < -0.3 is 10.3 Å². The third kappa shape index (κ3) is 3.12. The summed E-state index contributed by atoms with van der Waals surface area (Å²) in [6.45, 7) is 1.66. The van der Waals surface area contributed by atoms with E-state index in [0.29, 0.717) is 28.7 Å². The van der Waals surface area contributed by atoms with Crippen LogP contribution in [0.1, 0.15) is 22.6 Å². The summed E-state index contributed by atoms with van der Waals surface area (Å²) < 4.78 is 0. The van der Waals surface area contributed by atoms with Gasteiger partial charge in [0.05, 0.1) is 5.69 Å². The van der Waals surface area contributed by atoms with Crippen LogP contribution < -0.4 is 10.9 Å². The minimum absolute atomic E-state index is 0.0538. The van der Waals surface area contributed by atoms with Crippen molar-refractivity contribution in [2.75, 3.05) is 13.1 Å². The maximum absolute atomic E-state index is 12.2. The third-order valence-electron chi connectivity index (χ3n) is 3.65. The lowest BCUT2D eigenvalue weighted by atomic mass is 10.1. The molecule has 2 heterocycles. The van der Waals surface area contributed by atoms with E-state index in [2.05, 4.69) is 15.3 Å². The zero-order chi connectivity index (χ0) is 14.8. The smallest absolute Gasteiger partial charge is 0.254 e. The summed E-state index contributed by atoms with van der Waals surface area (Å²) >= 11 is 12.3. The Morgan fingerprint density at radius 1 is 1.14 bits per heavy atom. The van der Waals surface area contributed by atoms with Crippen LogP contribution in [0.3, 0.4) is 0 Å². The van der Waals surface area contributed by atoms with Gasteiger partial charge in [0.1, 0.15) is 5.82 Å². The van der Waals surface area contributed by atoms with Gasteiger partial charge in [0.25, 0.3) is 5.56 Å². The van der Waals surface area contributed by atoms with Gasteiger partial charge in [-0.05, 0) is 30.7 Å². The van der Waals surface area contributed by atoms with E-state index < -0.39 is 0 Å². The van der Waals surface area contributed by atoms with Gasteiger partial charge in [-0.3, -0.25) is 4.79 Å². The predicted molar refractivity (Wildman–Crippen MR) is 84.4 cm³/mol. The van der Waals surface area contributed by atoms with E-state index in [1.54, 1.807) is 18.2 Å². The van der Waals surface area contributed by atoms with E-state index >= 15 is 0 Å². The molecule has 0 saturated carbocycles. The first kappa shape index (κ1) is 14.6. The second kappa shape index (κ2) is 6.18. The Labute approximate surface area is 132 Å². The normalized spacial score (nSPS) is 14.6. The number of nitrogens with zero attached hydrogens (tertiary/aromatic N) is 1. The Morgan fingerprint density at radius 3 is 2.62 bits per heavy atom. The number of aromatic nitrogens is 2. The molecule has 1 aromatic carbocycles. The third-order valence-corrected chi connectivity index (χ3v) is 4.35. The molecule has 0 unspecified atom stereocenters. The highest BCUT2D eigenvalue weighted by atomic mass is 35.5. The maximum Gasteiger partial charge on any atom is 0.254 e. The minimum atomic E-state index is -0.0538. The van der Waals surface area contributed by atoms with Gasteiger partial charge in [-0.15, -0.1) is 0 Å². The van der Waals surface area contributed by atoms with E-state index in [4.69, 9.17) is 23.2 Å². The van der Waals surface area contributed by atoms with Crippen molar-refractivity contribution in [1.29, 1.82) is 0 Å². The van der Waals surface area contributed by atoms with Crippen molar-refractivity contribution in [3.63, 3.8) is 0 Å². The number of rotatable bonds is 2. The summed E-state index contributed by atoms with van der Waals surface area (Å²) in [5.41, 5.74) is 2.40. The van der Waals surface area contributed by atoms with E-state index in [1.165, 1.54) is 0 Å². The molecule has 0 bridgehead atoms. The number of nitrogens with one attached hydrogen (secondary N) is 2. The van der Waals surface area contributed by atoms with Crippen LogP contribution in [0.15, 0.2) is 23.0 Å². The van der Waals surface area contributed by atoms with Gasteiger partial charge in [-0.2, -0.15) is 0 Å². The number of aromatic amines is 1. The Hall–Kier alpha value is -1.36. The molecule has 1 aliphatic heterocycles. The second-order valence-electron chi connectivity index (χ2n) is 5.06. The largest absolute Gasteiger partial charge is 0.316 e. The molecule has 0 atom stereocenters. The van der Waals surface area contributed by atoms with Gasteiger partial charge in [-0.25, -0.2) is 4.98 Å². The molecule has 2 aromatic rings. The number of hydrogen-bond acceptors (Lipinski definition) is 3. The van der Waals surface area contributed by atoms with Crippen LogP contribution in [0.5, 0.6) is 0 Å². The SMILES string of the molecule is O=c1[nH]c(Cc2c(Cl)cccc2Cl)nc2c1CCNCC2. The summed E-state index contributed by atoms with van der Waals surface area (Å²) in [6.07, 6.45) is 1.90. The highest BCUT2D eigenvalue weighted by Crippen LogP contribution is 2.26. The van der Waals surface area contributed by atoms with Crippen molar-refractivity contribution in [1.82, 2.24) is 15.3 Å². The molecule has 0 amide bonds. The first-order valence-corrected chi connectivity index (χ1v) is 7.65. The molecule has 1 aromatic heterocycles. The van der Waals surface area contributed by atoms with Gasteiger partial charge in [0.2, 0.25) is 0 Å². The van der Waals surface area contributed by atoms with Crippen molar-refractivity contribution in [2.45, 2.75) is 19.3 Å². The van der Waals surface area contributed by atoms with Crippen LogP contribution in [0.25, 0.3) is 0 Å². The lowest BCUT2D eigenvalue weighted by molar-refractivity contribution is 0.707. The standard InChI is InChI=1S/C15H15Cl2N3O/c16-11-2-1-3-12(17)10(11)8-14-19-13-5-7-18-6-4-9(13)15(21)20-14/h1-3,18H,4-8H2,(H,19,20,21). The molecular formula is C15H15Cl2N3O. The fourth-order valence-corrected chi connectivity index (χ4v) is 3.09. The van der Waals surface area contributed by atoms with Gasteiger partial charge in [0, 0.05) is 35.0 Å². The van der Waals surface area contributed by atoms with E-state index in [1.807, 2.05) is 0 Å². The number of H-pyrrole nitrogens is 1. The van der Waals surface area contributed by atoms with Crippen molar-refractivity contribution in [2.24, 2.45) is 0 Å². The van der Waals surface area contributed by atoms with Crippen LogP contribution in [0.2, 0.25) is 10.0 Å². The Bertz CT molecular complexity index is 707. The minimum Gasteiger partial charge on any atom is -0.316 e. The number of fused-ring (bicyclic) bond motifs is 1. The fourth-order valence-electron chi connectivity index (χ4n) is 2.56. The zero-order valence-corrected chi connectivity index (χ0v) is 12.9. The van der Waals surface area contributed by atoms with Crippen LogP contribution in [0.4, 0.5) is 0 Å². The average Bonchev–Trinajstić information content (AvgIpc) is 2.69. The topological polar surface area (TPSA) is 57.8 Å². The molecule has 6 heteroatoms. The maximum atomic E-state index is 12.2. The molecule has 4 nitrogen and oxygen atoms in total. The molecule has 0 saturated heterocycles. The molecule has 1 aliphatic rings. The van der Waals surface area contributed by atoms with Crippen LogP contribution in [0, 0.1) is 0 Å². The molecule has 0 spiro atoms. The summed E-state index contributed by atoms with van der Waals surface area (Å²) in [4.78, 5) is 19.7. The molecule has 2 N–H and O–H groups in total. The van der Waals surface area contributed by atoms with E-state index in [-0.39, 0.29) is 5.56 Å².